The molecular weight excluding hydrogens is 256 g/mol. The zero-order valence-electron chi connectivity index (χ0n) is 11.1. The first-order chi connectivity index (χ1) is 9.61. The van der Waals surface area contributed by atoms with Gasteiger partial charge >= 0.3 is 5.63 Å². The van der Waals surface area contributed by atoms with Crippen molar-refractivity contribution in [3.63, 3.8) is 0 Å². The van der Waals surface area contributed by atoms with Gasteiger partial charge in [-0.25, -0.2) is 4.79 Å². The number of carbonyl (C=O) groups is 1. The zero-order chi connectivity index (χ0) is 14.3. The minimum atomic E-state index is -0.421. The Morgan fingerprint density at radius 3 is 2.50 bits per heavy atom. The molecule has 4 nitrogen and oxygen atoms in total. The highest BCUT2D eigenvalue weighted by Crippen LogP contribution is 2.30. The van der Waals surface area contributed by atoms with Gasteiger partial charge in [-0.1, -0.05) is 18.2 Å². The monoisotopic (exact) mass is 268 g/mol. The van der Waals surface area contributed by atoms with Gasteiger partial charge in [-0.15, -0.1) is 0 Å². The van der Waals surface area contributed by atoms with Gasteiger partial charge in [-0.05, 0) is 19.1 Å². The van der Waals surface area contributed by atoms with Gasteiger partial charge in [0.15, 0.2) is 5.78 Å². The molecule has 0 bridgehead atoms. The summed E-state index contributed by atoms with van der Waals surface area (Å²) < 4.78 is 10.5. The average molecular weight is 268 g/mol. The molecule has 1 aromatic heterocycles. The third kappa shape index (κ3) is 1.77. The maximum Gasteiger partial charge on any atom is 0.344 e. The van der Waals surface area contributed by atoms with E-state index in [0.29, 0.717) is 33.1 Å². The molecule has 0 aliphatic heterocycles. The van der Waals surface area contributed by atoms with Crippen molar-refractivity contribution in [1.29, 1.82) is 0 Å². The number of benzene rings is 2. The third-order valence-corrected chi connectivity index (χ3v) is 3.31. The molecule has 1 heterocycles. The van der Waals surface area contributed by atoms with Crippen LogP contribution in [-0.2, 0) is 0 Å². The molecule has 2 aromatic carbocycles. The van der Waals surface area contributed by atoms with Crippen LogP contribution in [0.5, 0.6) is 5.75 Å². The van der Waals surface area contributed by atoms with Gasteiger partial charge in [-0.2, -0.15) is 0 Å². The van der Waals surface area contributed by atoms with Crippen LogP contribution < -0.4 is 10.4 Å². The molecule has 0 amide bonds. The number of hydrogen-bond acceptors (Lipinski definition) is 4. The Morgan fingerprint density at radius 1 is 1.15 bits per heavy atom. The lowest BCUT2D eigenvalue weighted by atomic mass is 10.00. The second-order valence-electron chi connectivity index (χ2n) is 4.54. The van der Waals surface area contributed by atoms with Crippen LogP contribution in [0.25, 0.3) is 21.7 Å². The van der Waals surface area contributed by atoms with E-state index in [-0.39, 0.29) is 5.78 Å². The normalized spacial score (nSPS) is 10.9. The molecule has 0 aliphatic carbocycles. The fourth-order valence-electron chi connectivity index (χ4n) is 2.38. The van der Waals surface area contributed by atoms with Gasteiger partial charge in [0.2, 0.25) is 0 Å². The second-order valence-corrected chi connectivity index (χ2v) is 4.54. The fourth-order valence-corrected chi connectivity index (χ4v) is 2.38. The quantitative estimate of drug-likeness (QED) is 0.407. The summed E-state index contributed by atoms with van der Waals surface area (Å²) in [5.74, 6) is 0.383. The molecule has 0 spiro atoms. The summed E-state index contributed by atoms with van der Waals surface area (Å²) in [4.78, 5) is 23.9. The van der Waals surface area contributed by atoms with E-state index in [9.17, 15) is 9.59 Å². The standard InChI is InChI=1S/C16H12O4/c1-9(17)13-7-10(19-2)8-14-15(13)11-5-3-4-6-12(11)16(18)20-14/h3-8H,1-2H3. The largest absolute Gasteiger partial charge is 0.497 e. The molecular formula is C16H12O4. The molecule has 0 N–H and O–H groups in total. The van der Waals surface area contributed by atoms with Gasteiger partial charge in [0.05, 0.1) is 12.5 Å². The predicted molar refractivity (Wildman–Crippen MR) is 76.5 cm³/mol. The highest BCUT2D eigenvalue weighted by atomic mass is 16.5. The molecule has 0 aliphatic rings. The van der Waals surface area contributed by atoms with Crippen molar-refractivity contribution in [2.75, 3.05) is 7.11 Å². The summed E-state index contributed by atoms with van der Waals surface area (Å²) in [7, 11) is 1.50. The molecule has 3 rings (SSSR count). The number of ketones is 1. The van der Waals surface area contributed by atoms with Crippen molar-refractivity contribution in [1.82, 2.24) is 0 Å². The number of fused-ring (bicyclic) bond motifs is 3. The molecule has 0 saturated carbocycles. The molecule has 3 aromatic rings. The van der Waals surface area contributed by atoms with E-state index in [0.717, 1.165) is 0 Å². The molecule has 0 atom stereocenters. The summed E-state index contributed by atoms with van der Waals surface area (Å²) in [6.07, 6.45) is 0. The Morgan fingerprint density at radius 2 is 1.85 bits per heavy atom. The van der Waals surface area contributed by atoms with Crippen LogP contribution in [0.1, 0.15) is 17.3 Å². The Balaban J connectivity index is 2.61. The maximum absolute atomic E-state index is 12.0. The lowest BCUT2D eigenvalue weighted by molar-refractivity contribution is 0.101. The summed E-state index contributed by atoms with van der Waals surface area (Å²) in [6.45, 7) is 1.48. The van der Waals surface area contributed by atoms with Crippen LogP contribution in [0, 0.1) is 0 Å². The Hall–Kier alpha value is -2.62. The van der Waals surface area contributed by atoms with Crippen LogP contribution in [0.4, 0.5) is 0 Å². The average Bonchev–Trinajstić information content (AvgIpc) is 2.46. The first kappa shape index (κ1) is 12.4. The molecule has 0 saturated heterocycles. The van der Waals surface area contributed by atoms with Crippen LogP contribution in [-0.4, -0.2) is 12.9 Å². The van der Waals surface area contributed by atoms with Crippen LogP contribution in [0.2, 0.25) is 0 Å². The lowest BCUT2D eigenvalue weighted by Gasteiger charge is -2.09. The number of Topliss-reactive ketones (excluding diaryl/α,β-unsaturated/α-hetero) is 1. The SMILES string of the molecule is COc1cc(C(C)=O)c2c(c1)oc(=O)c1ccccc12. The van der Waals surface area contributed by atoms with E-state index < -0.39 is 5.63 Å². The van der Waals surface area contributed by atoms with E-state index in [1.54, 1.807) is 24.3 Å². The summed E-state index contributed by atoms with van der Waals surface area (Å²) in [5, 5.41) is 1.83. The van der Waals surface area contributed by atoms with Crippen LogP contribution >= 0.6 is 0 Å². The first-order valence-electron chi connectivity index (χ1n) is 6.16. The molecule has 0 radical (unpaired) electrons. The van der Waals surface area contributed by atoms with Gasteiger partial charge in [0.25, 0.3) is 0 Å². The topological polar surface area (TPSA) is 56.5 Å². The summed E-state index contributed by atoms with van der Waals surface area (Å²) in [5.41, 5.74) is 0.424. The van der Waals surface area contributed by atoms with Crippen molar-refractivity contribution in [3.05, 3.63) is 52.4 Å². The number of methoxy groups -OCH3 is 1. The van der Waals surface area contributed by atoms with E-state index in [2.05, 4.69) is 0 Å². The van der Waals surface area contributed by atoms with Crippen LogP contribution in [0.3, 0.4) is 0 Å². The Labute approximate surface area is 114 Å². The number of rotatable bonds is 2. The Bertz CT molecular complexity index is 890. The fraction of sp³-hybridized carbons (Fsp3) is 0.125. The number of ether oxygens (including phenoxy) is 1. The van der Waals surface area contributed by atoms with Gasteiger partial charge in [0.1, 0.15) is 11.3 Å². The molecule has 0 fully saturated rings. The van der Waals surface area contributed by atoms with Gasteiger partial charge in [0, 0.05) is 22.4 Å². The minimum Gasteiger partial charge on any atom is -0.497 e. The smallest absolute Gasteiger partial charge is 0.344 e. The third-order valence-electron chi connectivity index (χ3n) is 3.31. The van der Waals surface area contributed by atoms with Crippen LogP contribution in [0.15, 0.2) is 45.6 Å². The highest BCUT2D eigenvalue weighted by molar-refractivity contribution is 6.16. The van der Waals surface area contributed by atoms with E-state index in [1.165, 1.54) is 14.0 Å². The minimum absolute atomic E-state index is 0.104. The second kappa shape index (κ2) is 4.49. The first-order valence-corrected chi connectivity index (χ1v) is 6.16. The number of carbonyl (C=O) groups excluding carboxylic acids is 1. The predicted octanol–water partition coefficient (Wildman–Crippen LogP) is 3.16. The number of hydrogen-bond donors (Lipinski definition) is 0. The Kier molecular flexibility index (Phi) is 2.79. The maximum atomic E-state index is 12.0. The molecule has 100 valence electrons. The van der Waals surface area contributed by atoms with E-state index in [1.807, 2.05) is 12.1 Å². The lowest BCUT2D eigenvalue weighted by Crippen LogP contribution is -2.03. The molecule has 4 heteroatoms. The zero-order valence-corrected chi connectivity index (χ0v) is 11.1. The van der Waals surface area contributed by atoms with E-state index >= 15 is 0 Å². The van der Waals surface area contributed by atoms with Gasteiger partial charge < -0.3 is 9.15 Å². The summed E-state index contributed by atoms with van der Waals surface area (Å²) in [6, 6.07) is 10.4. The van der Waals surface area contributed by atoms with Crippen molar-refractivity contribution < 1.29 is 13.9 Å². The van der Waals surface area contributed by atoms with E-state index in [4.69, 9.17) is 9.15 Å². The van der Waals surface area contributed by atoms with Gasteiger partial charge in [-0.3, -0.25) is 4.79 Å². The van der Waals surface area contributed by atoms with Crippen molar-refractivity contribution in [2.24, 2.45) is 0 Å². The summed E-state index contributed by atoms with van der Waals surface area (Å²) >= 11 is 0. The van der Waals surface area contributed by atoms with Crippen molar-refractivity contribution in [3.8, 4) is 5.75 Å². The molecule has 0 unspecified atom stereocenters. The van der Waals surface area contributed by atoms with Crippen molar-refractivity contribution in [2.45, 2.75) is 6.92 Å². The highest BCUT2D eigenvalue weighted by Gasteiger charge is 2.15. The molecule has 20 heavy (non-hydrogen) atoms. The van der Waals surface area contributed by atoms with Crippen molar-refractivity contribution >= 4 is 27.5 Å².